The number of aliphatic hydroxyl groups is 4. The van der Waals surface area contributed by atoms with Gasteiger partial charge < -0.3 is 35.0 Å². The van der Waals surface area contributed by atoms with E-state index in [1.807, 2.05) is 19.1 Å². The molecule has 1 heterocycles. The summed E-state index contributed by atoms with van der Waals surface area (Å²) in [4.78, 5) is 11.1. The van der Waals surface area contributed by atoms with Crippen LogP contribution in [0.1, 0.15) is 39.0 Å². The van der Waals surface area contributed by atoms with E-state index < -0.39 is 43.3 Å². The van der Waals surface area contributed by atoms with Gasteiger partial charge in [0, 0.05) is 6.42 Å². The van der Waals surface area contributed by atoms with Gasteiger partial charge in [0.2, 0.25) is 0 Å². The number of carboxylic acids is 1. The second-order valence-electron chi connectivity index (χ2n) is 7.09. The summed E-state index contributed by atoms with van der Waals surface area (Å²) in [5.74, 6) is -0.932. The number of aliphatic carboxylic acids is 1. The fraction of sp³-hybridized carbons (Fsp3) is 0.833. The molecule has 1 aliphatic heterocycles. The van der Waals surface area contributed by atoms with Crippen molar-refractivity contribution in [3.05, 3.63) is 12.2 Å². The molecule has 8 nitrogen and oxygen atoms in total. The average Bonchev–Trinajstić information content (AvgIpc) is 2.96. The zero-order chi connectivity index (χ0) is 19.3. The predicted molar refractivity (Wildman–Crippen MR) is 91.2 cm³/mol. The molecule has 2 rings (SSSR count). The minimum atomic E-state index is -1.49. The first-order chi connectivity index (χ1) is 12.4. The lowest BCUT2D eigenvalue weighted by Crippen LogP contribution is -2.59. The van der Waals surface area contributed by atoms with Crippen LogP contribution < -0.4 is 0 Å². The molecule has 26 heavy (non-hydrogen) atoms. The molecule has 8 atom stereocenters. The monoisotopic (exact) mass is 374 g/mol. The fourth-order valence-electron chi connectivity index (χ4n) is 3.87. The van der Waals surface area contributed by atoms with Crippen molar-refractivity contribution in [1.82, 2.24) is 0 Å². The van der Waals surface area contributed by atoms with E-state index in [4.69, 9.17) is 14.6 Å². The van der Waals surface area contributed by atoms with Gasteiger partial charge in [-0.05, 0) is 37.5 Å². The third kappa shape index (κ3) is 5.03. The summed E-state index contributed by atoms with van der Waals surface area (Å²) < 4.78 is 11.3. The van der Waals surface area contributed by atoms with Gasteiger partial charge >= 0.3 is 5.97 Å². The summed E-state index contributed by atoms with van der Waals surface area (Å²) in [6.45, 7) is 1.50. The van der Waals surface area contributed by atoms with Gasteiger partial charge in [-0.1, -0.05) is 19.1 Å². The van der Waals surface area contributed by atoms with Crippen LogP contribution in [0, 0.1) is 11.8 Å². The maximum atomic E-state index is 11.1. The number of hydrogen-bond acceptors (Lipinski definition) is 7. The van der Waals surface area contributed by atoms with Crippen molar-refractivity contribution in [3.63, 3.8) is 0 Å². The van der Waals surface area contributed by atoms with Crippen molar-refractivity contribution >= 4 is 5.97 Å². The highest BCUT2D eigenvalue weighted by Crippen LogP contribution is 2.40. The van der Waals surface area contributed by atoms with Crippen LogP contribution in [0.3, 0.4) is 0 Å². The third-order valence-corrected chi connectivity index (χ3v) is 5.31. The summed E-state index contributed by atoms with van der Waals surface area (Å²) in [6, 6.07) is 0. The number of carboxylic acid groups (broad SMARTS) is 1. The zero-order valence-electron chi connectivity index (χ0n) is 15.0. The van der Waals surface area contributed by atoms with Crippen LogP contribution in [0.25, 0.3) is 0 Å². The summed E-state index contributed by atoms with van der Waals surface area (Å²) >= 11 is 0. The van der Waals surface area contributed by atoms with Gasteiger partial charge in [0.05, 0.1) is 12.7 Å². The highest BCUT2D eigenvalue weighted by atomic mass is 16.7. The Morgan fingerprint density at radius 3 is 2.50 bits per heavy atom. The van der Waals surface area contributed by atoms with Crippen molar-refractivity contribution in [3.8, 4) is 0 Å². The predicted octanol–water partition coefficient (Wildman–Crippen LogP) is 0.0287. The molecular weight excluding hydrogens is 344 g/mol. The molecule has 0 spiro atoms. The molecule has 2 fully saturated rings. The van der Waals surface area contributed by atoms with Gasteiger partial charge in [0.1, 0.15) is 24.4 Å². The molecule has 2 aliphatic rings. The third-order valence-electron chi connectivity index (χ3n) is 5.31. The topological polar surface area (TPSA) is 137 Å². The lowest BCUT2D eigenvalue weighted by molar-refractivity contribution is -0.313. The summed E-state index contributed by atoms with van der Waals surface area (Å²) in [5, 5.41) is 48.3. The van der Waals surface area contributed by atoms with Crippen LogP contribution in [0.15, 0.2) is 12.2 Å². The van der Waals surface area contributed by atoms with Crippen molar-refractivity contribution in [2.24, 2.45) is 11.8 Å². The van der Waals surface area contributed by atoms with Crippen molar-refractivity contribution < 1.29 is 39.8 Å². The maximum Gasteiger partial charge on any atom is 0.303 e. The van der Waals surface area contributed by atoms with Gasteiger partial charge in [-0.25, -0.2) is 0 Å². The molecule has 1 saturated heterocycles. The van der Waals surface area contributed by atoms with Crippen LogP contribution >= 0.6 is 0 Å². The van der Waals surface area contributed by atoms with E-state index in [-0.39, 0.29) is 24.4 Å². The molecule has 1 aliphatic carbocycles. The fourth-order valence-corrected chi connectivity index (χ4v) is 3.87. The van der Waals surface area contributed by atoms with E-state index in [2.05, 4.69) is 0 Å². The first-order valence-corrected chi connectivity index (χ1v) is 9.21. The molecular formula is C18H30O8. The molecule has 5 N–H and O–H groups in total. The second-order valence-corrected chi connectivity index (χ2v) is 7.09. The quantitative estimate of drug-likeness (QED) is 0.375. The molecule has 150 valence electrons. The smallest absolute Gasteiger partial charge is 0.303 e. The van der Waals surface area contributed by atoms with Crippen LogP contribution in [0.4, 0.5) is 0 Å². The number of rotatable bonds is 8. The summed E-state index contributed by atoms with van der Waals surface area (Å²) in [7, 11) is 0. The zero-order valence-corrected chi connectivity index (χ0v) is 15.0. The Kier molecular flexibility index (Phi) is 8.00. The van der Waals surface area contributed by atoms with E-state index in [9.17, 15) is 25.2 Å². The highest BCUT2D eigenvalue weighted by molar-refractivity contribution is 5.67. The van der Waals surface area contributed by atoms with Crippen molar-refractivity contribution in [1.29, 1.82) is 0 Å². The van der Waals surface area contributed by atoms with E-state index in [1.54, 1.807) is 0 Å². The molecule has 0 aromatic heterocycles. The normalized spacial score (nSPS) is 41.0. The lowest BCUT2D eigenvalue weighted by Gasteiger charge is -2.41. The van der Waals surface area contributed by atoms with Gasteiger partial charge in [-0.3, -0.25) is 4.79 Å². The molecule has 0 bridgehead atoms. The van der Waals surface area contributed by atoms with Gasteiger partial charge in [-0.2, -0.15) is 0 Å². The first-order valence-electron chi connectivity index (χ1n) is 9.21. The number of hydrogen-bond donors (Lipinski definition) is 5. The molecule has 0 aromatic rings. The number of allylic oxidation sites excluding steroid dienone is 2. The van der Waals surface area contributed by atoms with E-state index in [0.29, 0.717) is 19.3 Å². The SMILES string of the molecule is CC/C=C\C[C@@H]1[C@@H](CC(=O)O)CC[C@@H]1O[C@H]1O[C@@H](CO)[C@@H](O)[C@@H](O)[C@H]1O. The van der Waals surface area contributed by atoms with Gasteiger partial charge in [-0.15, -0.1) is 0 Å². The van der Waals surface area contributed by atoms with Crippen molar-refractivity contribution in [2.45, 2.75) is 75.8 Å². The molecule has 0 unspecified atom stereocenters. The van der Waals surface area contributed by atoms with Crippen LogP contribution in [-0.4, -0.2) is 74.9 Å². The summed E-state index contributed by atoms with van der Waals surface area (Å²) in [5.41, 5.74) is 0. The molecule has 8 heteroatoms. The minimum absolute atomic E-state index is 0.0381. The standard InChI is InChI=1S/C18H30O8/c1-2-3-4-5-11-10(8-14(20)21)6-7-12(11)25-18-17(24)16(23)15(22)13(9-19)26-18/h3-4,10-13,15-19,22-24H,2,5-9H2,1H3,(H,20,21)/b4-3-/t10-,11-,12+,13+,15-,16-,17-,18+/m1/s1. The Morgan fingerprint density at radius 2 is 1.88 bits per heavy atom. The largest absolute Gasteiger partial charge is 0.481 e. The molecule has 1 saturated carbocycles. The number of carbonyl (C=O) groups is 1. The molecule has 0 radical (unpaired) electrons. The Morgan fingerprint density at radius 1 is 1.15 bits per heavy atom. The van der Waals surface area contributed by atoms with Crippen molar-refractivity contribution in [2.75, 3.05) is 6.61 Å². The van der Waals surface area contributed by atoms with Gasteiger partial charge in [0.15, 0.2) is 6.29 Å². The first kappa shape index (κ1) is 21.3. The average molecular weight is 374 g/mol. The second kappa shape index (κ2) is 9.77. The van der Waals surface area contributed by atoms with Crippen LogP contribution in [0.5, 0.6) is 0 Å². The van der Waals surface area contributed by atoms with Crippen LogP contribution in [-0.2, 0) is 14.3 Å². The Balaban J connectivity index is 2.07. The van der Waals surface area contributed by atoms with E-state index in [1.165, 1.54) is 0 Å². The lowest BCUT2D eigenvalue weighted by atomic mass is 9.88. The Labute approximate surface area is 153 Å². The number of ether oxygens (including phenoxy) is 2. The van der Waals surface area contributed by atoms with Gasteiger partial charge in [0.25, 0.3) is 0 Å². The molecule has 0 amide bonds. The number of aliphatic hydroxyl groups excluding tert-OH is 4. The Hall–Kier alpha value is -1.03. The summed E-state index contributed by atoms with van der Waals surface area (Å²) in [6.07, 6.45) is 0.0423. The van der Waals surface area contributed by atoms with E-state index in [0.717, 1.165) is 6.42 Å². The maximum absolute atomic E-state index is 11.1. The molecule has 0 aromatic carbocycles. The highest BCUT2D eigenvalue weighted by Gasteiger charge is 2.47. The minimum Gasteiger partial charge on any atom is -0.481 e. The Bertz CT molecular complexity index is 480. The van der Waals surface area contributed by atoms with E-state index >= 15 is 0 Å². The van der Waals surface area contributed by atoms with Crippen LogP contribution in [0.2, 0.25) is 0 Å².